The number of aliphatic hydroxyl groups is 1. The Labute approximate surface area is 156 Å². The first-order valence-electron chi connectivity index (χ1n) is 10.2. The summed E-state index contributed by atoms with van der Waals surface area (Å²) in [6, 6.07) is 8.84. The maximum Gasteiger partial charge on any atom is 0.253 e. The molecular weight excluding hydrogens is 326 g/mol. The quantitative estimate of drug-likeness (QED) is 0.867. The van der Waals surface area contributed by atoms with Crippen LogP contribution in [0.2, 0.25) is 0 Å². The summed E-state index contributed by atoms with van der Waals surface area (Å²) in [6.07, 6.45) is 4.93. The smallest absolute Gasteiger partial charge is 0.253 e. The minimum Gasteiger partial charge on any atom is -0.393 e. The molecule has 142 valence electrons. The van der Waals surface area contributed by atoms with Crippen LogP contribution in [0.25, 0.3) is 0 Å². The maximum atomic E-state index is 13.0. The van der Waals surface area contributed by atoms with E-state index in [1.165, 1.54) is 5.56 Å². The second-order valence-electron chi connectivity index (χ2n) is 8.11. The van der Waals surface area contributed by atoms with E-state index in [9.17, 15) is 9.90 Å². The van der Waals surface area contributed by atoms with Crippen molar-refractivity contribution in [1.29, 1.82) is 0 Å². The molecule has 3 saturated heterocycles. The second-order valence-corrected chi connectivity index (χ2v) is 8.11. The zero-order chi connectivity index (χ0) is 17.9. The Hall–Kier alpha value is -1.43. The molecule has 4 rings (SSSR count). The molecule has 26 heavy (non-hydrogen) atoms. The molecule has 1 atom stereocenters. The Balaban J connectivity index is 1.34. The van der Waals surface area contributed by atoms with Crippen molar-refractivity contribution in [2.75, 3.05) is 39.3 Å². The van der Waals surface area contributed by atoms with E-state index in [1.54, 1.807) is 0 Å². The van der Waals surface area contributed by atoms with Crippen molar-refractivity contribution in [3.05, 3.63) is 35.4 Å². The van der Waals surface area contributed by atoms with Crippen LogP contribution in [0.3, 0.4) is 0 Å². The van der Waals surface area contributed by atoms with Crippen LogP contribution in [-0.2, 0) is 0 Å². The van der Waals surface area contributed by atoms with Crippen LogP contribution in [0.5, 0.6) is 0 Å². The van der Waals surface area contributed by atoms with E-state index in [2.05, 4.69) is 22.3 Å². The van der Waals surface area contributed by atoms with Gasteiger partial charge in [0.2, 0.25) is 0 Å². The molecule has 1 aromatic carbocycles. The number of hydrogen-bond acceptors (Lipinski definition) is 4. The maximum absolute atomic E-state index is 13.0. The topological polar surface area (TPSA) is 55.8 Å². The summed E-state index contributed by atoms with van der Waals surface area (Å²) in [7, 11) is 0. The molecule has 1 amide bonds. The van der Waals surface area contributed by atoms with Gasteiger partial charge in [0, 0.05) is 44.3 Å². The van der Waals surface area contributed by atoms with E-state index >= 15 is 0 Å². The molecule has 3 fully saturated rings. The van der Waals surface area contributed by atoms with Gasteiger partial charge in [-0.1, -0.05) is 12.1 Å². The number of hydrogen-bond donors (Lipinski definition) is 2. The van der Waals surface area contributed by atoms with Crippen LogP contribution in [0.15, 0.2) is 24.3 Å². The lowest BCUT2D eigenvalue weighted by atomic mass is 9.95. The number of carbonyl (C=O) groups excluding carboxylic acids is 1. The molecule has 0 aromatic heterocycles. The normalized spacial score (nSPS) is 26.3. The molecule has 3 aliphatic rings. The van der Waals surface area contributed by atoms with E-state index in [0.29, 0.717) is 12.0 Å². The highest BCUT2D eigenvalue weighted by Gasteiger charge is 2.29. The molecule has 5 heteroatoms. The Kier molecular flexibility index (Phi) is 5.57. The number of likely N-dealkylation sites (tertiary alicyclic amines) is 2. The summed E-state index contributed by atoms with van der Waals surface area (Å²) in [6.45, 7) is 5.78. The summed E-state index contributed by atoms with van der Waals surface area (Å²) in [5, 5.41) is 13.1. The average Bonchev–Trinajstić information content (AvgIpc) is 3.23. The molecule has 0 saturated carbocycles. The summed E-state index contributed by atoms with van der Waals surface area (Å²) >= 11 is 0. The van der Waals surface area contributed by atoms with E-state index in [-0.39, 0.29) is 12.0 Å². The first-order chi connectivity index (χ1) is 12.7. The van der Waals surface area contributed by atoms with Gasteiger partial charge in [-0.3, -0.25) is 4.79 Å². The van der Waals surface area contributed by atoms with Crippen LogP contribution in [-0.4, -0.2) is 72.2 Å². The number of amides is 1. The van der Waals surface area contributed by atoms with Gasteiger partial charge in [0.15, 0.2) is 0 Å². The van der Waals surface area contributed by atoms with E-state index in [1.807, 2.05) is 17.0 Å². The lowest BCUT2D eigenvalue weighted by molar-refractivity contribution is 0.0357. The molecule has 5 nitrogen and oxygen atoms in total. The molecule has 0 unspecified atom stereocenters. The molecule has 0 radical (unpaired) electrons. The highest BCUT2D eigenvalue weighted by Crippen LogP contribution is 2.25. The molecular formula is C21H31N3O2. The van der Waals surface area contributed by atoms with E-state index in [0.717, 1.165) is 76.9 Å². The molecule has 0 bridgehead atoms. The predicted molar refractivity (Wildman–Crippen MR) is 102 cm³/mol. The number of nitrogens with one attached hydrogen (secondary N) is 1. The summed E-state index contributed by atoms with van der Waals surface area (Å²) < 4.78 is 0. The fraction of sp³-hybridized carbons (Fsp3) is 0.667. The van der Waals surface area contributed by atoms with Crippen molar-refractivity contribution in [2.45, 2.75) is 50.2 Å². The number of rotatable bonds is 3. The van der Waals surface area contributed by atoms with Gasteiger partial charge in [0.05, 0.1) is 6.10 Å². The molecule has 3 heterocycles. The van der Waals surface area contributed by atoms with E-state index in [4.69, 9.17) is 0 Å². The zero-order valence-corrected chi connectivity index (χ0v) is 15.6. The Morgan fingerprint density at radius 1 is 1.04 bits per heavy atom. The lowest BCUT2D eigenvalue weighted by Gasteiger charge is -2.41. The van der Waals surface area contributed by atoms with Crippen molar-refractivity contribution in [2.24, 2.45) is 0 Å². The van der Waals surface area contributed by atoms with Gasteiger partial charge in [0.1, 0.15) is 0 Å². The fourth-order valence-electron chi connectivity index (χ4n) is 4.73. The van der Waals surface area contributed by atoms with Crippen molar-refractivity contribution in [1.82, 2.24) is 15.1 Å². The monoisotopic (exact) mass is 357 g/mol. The van der Waals surface area contributed by atoms with Gasteiger partial charge in [0.25, 0.3) is 5.91 Å². The number of piperidine rings is 2. The minimum absolute atomic E-state index is 0.115. The number of nitrogens with zero attached hydrogens (tertiary/aromatic N) is 2. The first kappa shape index (κ1) is 18.0. The largest absolute Gasteiger partial charge is 0.393 e. The van der Waals surface area contributed by atoms with Gasteiger partial charge in [-0.2, -0.15) is 0 Å². The number of carbonyl (C=O) groups is 1. The minimum atomic E-state index is -0.115. The van der Waals surface area contributed by atoms with Crippen molar-refractivity contribution < 1.29 is 9.90 Å². The Bertz CT molecular complexity index is 613. The van der Waals surface area contributed by atoms with Crippen molar-refractivity contribution in [3.8, 4) is 0 Å². The second kappa shape index (κ2) is 8.07. The fourth-order valence-corrected chi connectivity index (χ4v) is 4.73. The Morgan fingerprint density at radius 2 is 1.81 bits per heavy atom. The first-order valence-corrected chi connectivity index (χ1v) is 10.2. The van der Waals surface area contributed by atoms with Gasteiger partial charge < -0.3 is 20.2 Å². The third-order valence-electron chi connectivity index (χ3n) is 6.43. The predicted octanol–water partition coefficient (Wildman–Crippen LogP) is 1.82. The molecule has 0 spiro atoms. The van der Waals surface area contributed by atoms with Gasteiger partial charge in [-0.15, -0.1) is 0 Å². The van der Waals surface area contributed by atoms with Gasteiger partial charge in [-0.25, -0.2) is 0 Å². The lowest BCUT2D eigenvalue weighted by Crippen LogP contribution is -2.49. The number of benzene rings is 1. The molecule has 2 N–H and O–H groups in total. The average molecular weight is 357 g/mol. The molecule has 1 aromatic rings. The van der Waals surface area contributed by atoms with Crippen LogP contribution in [0.1, 0.15) is 53.9 Å². The molecule has 3 aliphatic heterocycles. The van der Waals surface area contributed by atoms with Crippen molar-refractivity contribution >= 4 is 5.91 Å². The highest BCUT2D eigenvalue weighted by molar-refractivity contribution is 5.94. The number of aliphatic hydroxyl groups excluding tert-OH is 1. The van der Waals surface area contributed by atoms with Crippen LogP contribution < -0.4 is 5.32 Å². The van der Waals surface area contributed by atoms with Gasteiger partial charge >= 0.3 is 0 Å². The summed E-state index contributed by atoms with van der Waals surface area (Å²) in [4.78, 5) is 17.5. The highest BCUT2D eigenvalue weighted by atomic mass is 16.3. The van der Waals surface area contributed by atoms with Crippen molar-refractivity contribution in [3.63, 3.8) is 0 Å². The van der Waals surface area contributed by atoms with Crippen LogP contribution >= 0.6 is 0 Å². The van der Waals surface area contributed by atoms with Gasteiger partial charge in [-0.05, 0) is 62.3 Å². The van der Waals surface area contributed by atoms with Crippen LogP contribution in [0, 0.1) is 0 Å². The third-order valence-corrected chi connectivity index (χ3v) is 6.43. The van der Waals surface area contributed by atoms with E-state index < -0.39 is 0 Å². The zero-order valence-electron chi connectivity index (χ0n) is 15.6. The summed E-state index contributed by atoms with van der Waals surface area (Å²) in [5.41, 5.74) is 2.14. The SMILES string of the molecule is O=C(c1cccc([C@@H]2CCNC2)c1)N1CCC(N2CCC(O)CC2)CC1. The third kappa shape index (κ3) is 3.95. The standard InChI is InChI=1S/C21H31N3O2/c25-20-7-12-23(13-8-20)19-5-10-24(11-6-19)21(26)17-3-1-2-16(14-17)18-4-9-22-15-18/h1-3,14,18-20,22,25H,4-13,15H2/t18-/m1/s1. The Morgan fingerprint density at radius 3 is 2.50 bits per heavy atom. The van der Waals surface area contributed by atoms with Crippen LogP contribution in [0.4, 0.5) is 0 Å². The summed E-state index contributed by atoms with van der Waals surface area (Å²) in [5.74, 6) is 0.730. The molecule has 0 aliphatic carbocycles.